The topological polar surface area (TPSA) is 115 Å². The average molecular weight is 658 g/mol. The van der Waals surface area contributed by atoms with Crippen LogP contribution in [0.5, 0.6) is 17.2 Å². The van der Waals surface area contributed by atoms with E-state index in [-0.39, 0.29) is 60.6 Å². The van der Waals surface area contributed by atoms with Crippen LogP contribution in [0.4, 0.5) is 24.7 Å². The van der Waals surface area contributed by atoms with Crippen LogP contribution in [0.2, 0.25) is 0 Å². The molecule has 4 rings (SSSR count). The monoisotopic (exact) mass is 657 g/mol. The molecule has 244 valence electrons. The van der Waals surface area contributed by atoms with Crippen molar-refractivity contribution in [3.63, 3.8) is 0 Å². The van der Waals surface area contributed by atoms with Crippen LogP contribution >= 0.6 is 8.38 Å². The fourth-order valence-electron chi connectivity index (χ4n) is 4.73. The number of anilines is 2. The van der Waals surface area contributed by atoms with Gasteiger partial charge < -0.3 is 32.8 Å². The number of hydrogen-bond donors (Lipinski definition) is 0. The molecular weight excluding hydrogens is 620 g/mol. The molecule has 5 atom stereocenters. The van der Waals surface area contributed by atoms with Gasteiger partial charge >= 0.3 is 17.8 Å². The van der Waals surface area contributed by atoms with E-state index < -0.39 is 57.5 Å². The zero-order valence-electron chi connectivity index (χ0n) is 26.6. The Hall–Kier alpha value is -3.54. The van der Waals surface area contributed by atoms with Gasteiger partial charge in [0.2, 0.25) is 6.54 Å². The van der Waals surface area contributed by atoms with Gasteiger partial charge in [0.25, 0.3) is 0 Å². The second-order valence-electron chi connectivity index (χ2n) is 10.2. The van der Waals surface area contributed by atoms with Crippen molar-refractivity contribution in [1.29, 1.82) is 0 Å². The maximum atomic E-state index is 13.9. The normalized spacial score (nSPS) is 21.0. The number of hydrogen-bond acceptors (Lipinski definition) is 9. The summed E-state index contributed by atoms with van der Waals surface area (Å²) in [5.74, 6) is -3.51. The summed E-state index contributed by atoms with van der Waals surface area (Å²) in [5, 5.41) is 0. The molecular formula is C29H34F3N4O8P. The Kier molecular flexibility index (Phi) is 10.6. The van der Waals surface area contributed by atoms with E-state index in [1.165, 1.54) is 18.2 Å². The summed E-state index contributed by atoms with van der Waals surface area (Å²) in [4.78, 5) is 33.5. The molecule has 45 heavy (non-hydrogen) atoms. The van der Waals surface area contributed by atoms with Gasteiger partial charge in [0.15, 0.2) is 25.7 Å². The number of halogens is 3. The molecule has 1 saturated heterocycles. The Balaban J connectivity index is 1.64. The van der Waals surface area contributed by atoms with Gasteiger partial charge in [0.1, 0.15) is 30.4 Å². The molecule has 2 unspecified atom stereocenters. The van der Waals surface area contributed by atoms with Crippen molar-refractivity contribution in [2.24, 2.45) is 0 Å². The highest BCUT2D eigenvalue weighted by atomic mass is 31.2. The Morgan fingerprint density at radius 3 is 2.87 bits per heavy atom. The van der Waals surface area contributed by atoms with E-state index in [9.17, 15) is 22.8 Å². The molecule has 0 spiro atoms. The van der Waals surface area contributed by atoms with E-state index in [2.05, 4.69) is 16.4 Å². The van der Waals surface area contributed by atoms with E-state index in [1.807, 2.05) is 6.92 Å². The zero-order valence-corrected chi connectivity index (χ0v) is 25.5. The summed E-state index contributed by atoms with van der Waals surface area (Å²) in [6.45, 7) is 14.4. The molecule has 2 aromatic rings. The lowest BCUT2D eigenvalue weighted by Gasteiger charge is -2.32. The molecule has 0 aliphatic carbocycles. The number of nitrogens with zero attached hydrogens (tertiary/aromatic N) is 4. The summed E-state index contributed by atoms with van der Waals surface area (Å²) >= 11 is 0. The number of carbonyl (C=O) groups excluding carboxylic acids is 1. The molecule has 2 aliphatic heterocycles. The predicted molar refractivity (Wildman–Crippen MR) is 158 cm³/mol. The van der Waals surface area contributed by atoms with Gasteiger partial charge in [-0.3, -0.25) is 9.36 Å². The minimum absolute atomic E-state index is 0.0269. The molecule has 0 saturated carbocycles. The van der Waals surface area contributed by atoms with E-state index in [0.717, 1.165) is 29.2 Å². The quantitative estimate of drug-likeness (QED) is 0.106. The number of alkyl halides is 3. The van der Waals surface area contributed by atoms with Crippen molar-refractivity contribution in [2.45, 2.75) is 57.2 Å². The number of carbonyl (C=O) groups is 1. The van der Waals surface area contributed by atoms with Crippen LogP contribution in [-0.4, -0.2) is 73.9 Å². The van der Waals surface area contributed by atoms with Gasteiger partial charge in [-0.25, -0.2) is 16.3 Å². The summed E-state index contributed by atoms with van der Waals surface area (Å²) in [6, 6.07) is 4.25. The number of para-hydroxylation sites is 1. The molecule has 1 amide bonds. The Labute approximate surface area is 262 Å². The van der Waals surface area contributed by atoms with Crippen LogP contribution in [-0.2, 0) is 23.3 Å². The van der Waals surface area contributed by atoms with E-state index in [1.54, 1.807) is 6.66 Å². The maximum absolute atomic E-state index is 13.9. The van der Waals surface area contributed by atoms with Gasteiger partial charge in [-0.05, 0) is 38.3 Å². The summed E-state index contributed by atoms with van der Waals surface area (Å²) in [5.41, 5.74) is -0.415. The minimum Gasteiger partial charge on any atom is -0.491 e. The predicted octanol–water partition coefficient (Wildman–Crippen LogP) is 5.90. The highest BCUT2D eigenvalue weighted by Gasteiger charge is 2.48. The largest absolute Gasteiger partial charge is 0.491 e. The van der Waals surface area contributed by atoms with Crippen molar-refractivity contribution < 1.29 is 48.7 Å². The third kappa shape index (κ3) is 8.39. The van der Waals surface area contributed by atoms with E-state index in [4.69, 9.17) is 37.3 Å². The first-order valence-corrected chi connectivity index (χ1v) is 15.5. The number of aromatic nitrogens is 2. The Morgan fingerprint density at radius 2 is 2.16 bits per heavy atom. The van der Waals surface area contributed by atoms with Crippen molar-refractivity contribution >= 4 is 25.8 Å². The summed E-state index contributed by atoms with van der Waals surface area (Å²) in [6.07, 6.45) is -4.85. The Bertz CT molecular complexity index is 1540. The van der Waals surface area contributed by atoms with Crippen LogP contribution in [0, 0.1) is 6.57 Å². The molecule has 12 nitrogen and oxygen atoms in total. The van der Waals surface area contributed by atoms with Gasteiger partial charge in [-0.2, -0.15) is 18.2 Å². The molecule has 16 heteroatoms. The van der Waals surface area contributed by atoms with E-state index in [0.29, 0.717) is 6.42 Å². The number of amides is 1. The summed E-state index contributed by atoms with van der Waals surface area (Å²) in [7, 11) is -3.12. The van der Waals surface area contributed by atoms with Crippen molar-refractivity contribution in [3.05, 3.63) is 58.4 Å². The molecule has 0 bridgehead atoms. The number of rotatable bonds is 14. The lowest BCUT2D eigenvalue weighted by atomic mass is 10.1. The van der Waals surface area contributed by atoms with Crippen LogP contribution < -0.4 is 20.1 Å². The molecule has 0 radical (unpaired) electrons. The lowest BCUT2D eigenvalue weighted by Crippen LogP contribution is -2.41. The van der Waals surface area contributed by atoms with Crippen LogP contribution in [0.3, 0.4) is 0 Å². The average Bonchev–Trinajstić information content (AvgIpc) is 3.39. The maximum Gasteiger partial charge on any atom is 0.472 e. The minimum atomic E-state index is -5.34. The van der Waals surface area contributed by atoms with Crippen LogP contribution in [0.25, 0.3) is 4.85 Å². The molecule has 1 aromatic heterocycles. The second-order valence-corrected chi connectivity index (χ2v) is 11.6. The van der Waals surface area contributed by atoms with Gasteiger partial charge in [0, 0.05) is 20.1 Å². The van der Waals surface area contributed by atoms with Crippen molar-refractivity contribution in [3.8, 4) is 17.2 Å². The molecule has 2 aliphatic rings. The highest BCUT2D eigenvalue weighted by molar-refractivity contribution is 7.46. The molecule has 1 aromatic carbocycles. The van der Waals surface area contributed by atoms with Crippen LogP contribution in [0.15, 0.2) is 41.3 Å². The smallest absolute Gasteiger partial charge is 0.472 e. The number of unbranched alkanes of at least 4 members (excludes halogenated alkanes) is 1. The lowest BCUT2D eigenvalue weighted by molar-refractivity contribution is -0.169. The van der Waals surface area contributed by atoms with Crippen molar-refractivity contribution in [2.75, 3.05) is 45.0 Å². The van der Waals surface area contributed by atoms with Crippen LogP contribution in [0.1, 0.15) is 41.6 Å². The van der Waals surface area contributed by atoms with Gasteiger partial charge in [-0.1, -0.05) is 11.6 Å². The van der Waals surface area contributed by atoms with Gasteiger partial charge in [0.05, 0.1) is 28.3 Å². The molecule has 3 heterocycles. The van der Waals surface area contributed by atoms with E-state index >= 15 is 0 Å². The second kappa shape index (κ2) is 15.2. The fourth-order valence-corrected chi connectivity index (χ4v) is 5.73. The molecule has 1 fully saturated rings. The summed E-state index contributed by atoms with van der Waals surface area (Å²) < 4.78 is 91.7. The third-order valence-corrected chi connectivity index (χ3v) is 7.84. The molecule has 0 N–H and O–H groups in total. The number of methoxy groups -OCH3 is 1. The number of allylic oxidation sites excluding steroid dienone is 1. The first-order chi connectivity index (χ1) is 22.3. The third-order valence-electron chi connectivity index (χ3n) is 6.73. The fraction of sp³-hybridized carbons (Fsp3) is 0.517. The van der Waals surface area contributed by atoms with Gasteiger partial charge in [-0.15, -0.1) is 6.58 Å². The number of fused-ring (bicyclic) bond motifs is 2. The number of benzene rings is 1. The Morgan fingerprint density at radius 1 is 1.36 bits per heavy atom. The first kappa shape index (κ1) is 31.4. The zero-order chi connectivity index (χ0) is 34.3. The highest BCUT2D eigenvalue weighted by Crippen LogP contribution is 2.51. The standard InChI is InChI=1S/C29H34F3N4O8P/c1-18(2)9-6-7-13-40-19-10-8-11-20-25(19)36(27(37)29(30,31)32)26-22(42-20)16-35(28(38)34-26)24-15-21(23(43-24)17-39-4)44-45(5)41-14-12-33-3/h8,10-11,16,21,23-24H,1,6-7,9,12-15,17H2,2,4-5H3/t21-,23-,24-,45?/m1/s1/i4TD/t4?,21-,23-,24-,45?. The first-order valence-electron chi connectivity index (χ1n) is 15.1. The van der Waals surface area contributed by atoms with Crippen molar-refractivity contribution in [1.82, 2.24) is 9.55 Å². The SMILES string of the molecule is [2H]C([3H])OC[C@H]1O[C@@H](n2cc3c(nc2=O)N(C(=O)C(F)(F)F)c2c(OCCCCC(=C)C)cccc2O3)C[C@H]1OP(C)OCC[N+]#[C-]. The number of ether oxygens (including phenoxy) is 4.